The van der Waals surface area contributed by atoms with Gasteiger partial charge in [0.15, 0.2) is 5.65 Å². The Morgan fingerprint density at radius 3 is 2.64 bits per heavy atom. The third-order valence-corrected chi connectivity index (χ3v) is 4.15. The molecule has 0 aliphatic carbocycles. The number of carbonyl (C=O) groups is 1. The van der Waals surface area contributed by atoms with Gasteiger partial charge in [0.2, 0.25) is 0 Å². The van der Waals surface area contributed by atoms with Crippen LogP contribution in [0.2, 0.25) is 0 Å². The summed E-state index contributed by atoms with van der Waals surface area (Å²) < 4.78 is 4.40. The Morgan fingerprint density at radius 1 is 1.18 bits per heavy atom. The Morgan fingerprint density at radius 2 is 1.96 bits per heavy atom. The van der Waals surface area contributed by atoms with Crippen molar-refractivity contribution in [3.8, 4) is 5.69 Å². The quantitative estimate of drug-likeness (QED) is 0.462. The average molecular weight is 379 g/mol. The summed E-state index contributed by atoms with van der Waals surface area (Å²) in [6.45, 7) is 1.87. The molecule has 0 atom stereocenters. The van der Waals surface area contributed by atoms with E-state index in [9.17, 15) is 9.59 Å². The van der Waals surface area contributed by atoms with Crippen molar-refractivity contribution in [1.29, 1.82) is 0 Å². The number of aromatic nitrogens is 6. The molecular weight excluding hydrogens is 362 g/mol. The molecule has 5 N–H and O–H groups in total. The van der Waals surface area contributed by atoms with Gasteiger partial charge in [0.1, 0.15) is 22.9 Å². The number of fused-ring (bicyclic) bond motifs is 1. The topological polar surface area (TPSA) is 151 Å². The van der Waals surface area contributed by atoms with E-state index in [2.05, 4.69) is 20.5 Å². The van der Waals surface area contributed by atoms with Gasteiger partial charge in [-0.3, -0.25) is 18.8 Å². The molecule has 142 valence electrons. The minimum Gasteiger partial charge on any atom is -0.383 e. The maximum absolute atomic E-state index is 12.9. The highest BCUT2D eigenvalue weighted by molar-refractivity contribution is 5.98. The van der Waals surface area contributed by atoms with Crippen LogP contribution in [-0.2, 0) is 7.05 Å². The fourth-order valence-electron chi connectivity index (χ4n) is 2.89. The summed E-state index contributed by atoms with van der Waals surface area (Å²) >= 11 is 0. The molecule has 0 radical (unpaired) electrons. The Kier molecular flexibility index (Phi) is 3.84. The number of carbonyl (C=O) groups excluding carboxylic acids is 1. The van der Waals surface area contributed by atoms with E-state index in [1.54, 1.807) is 36.4 Å². The maximum atomic E-state index is 12.9. The zero-order valence-corrected chi connectivity index (χ0v) is 15.1. The first-order valence-electron chi connectivity index (χ1n) is 8.27. The lowest BCUT2D eigenvalue weighted by Gasteiger charge is -2.11. The van der Waals surface area contributed by atoms with Gasteiger partial charge in [0.25, 0.3) is 11.5 Å². The molecule has 0 bridgehead atoms. The highest BCUT2D eigenvalue weighted by Crippen LogP contribution is 2.20. The SMILES string of the molecule is Cc1cc(Nc2cc(N)n3ncc(C(N)=O)c3n2)c(=O)n(-c2cnn(C)c2)c1. The number of nitrogen functional groups attached to an aromatic ring is 1. The second-order valence-electron chi connectivity index (χ2n) is 6.33. The molecule has 11 nitrogen and oxygen atoms in total. The van der Waals surface area contributed by atoms with Gasteiger partial charge in [-0.25, -0.2) is 4.98 Å². The second kappa shape index (κ2) is 6.23. The van der Waals surface area contributed by atoms with Gasteiger partial charge in [0.05, 0.1) is 18.1 Å². The van der Waals surface area contributed by atoms with Crippen molar-refractivity contribution in [1.82, 2.24) is 28.9 Å². The van der Waals surface area contributed by atoms with Crippen LogP contribution in [-0.4, -0.2) is 34.9 Å². The van der Waals surface area contributed by atoms with Crippen molar-refractivity contribution in [2.75, 3.05) is 11.1 Å². The van der Waals surface area contributed by atoms with Crippen LogP contribution in [0.4, 0.5) is 17.3 Å². The summed E-state index contributed by atoms with van der Waals surface area (Å²) in [4.78, 5) is 28.8. The molecular formula is C17H17N9O2. The fourth-order valence-corrected chi connectivity index (χ4v) is 2.89. The van der Waals surface area contributed by atoms with Gasteiger partial charge in [-0.15, -0.1) is 0 Å². The molecule has 11 heteroatoms. The fraction of sp³-hybridized carbons (Fsp3) is 0.118. The highest BCUT2D eigenvalue weighted by atomic mass is 16.1. The van der Waals surface area contributed by atoms with E-state index >= 15 is 0 Å². The van der Waals surface area contributed by atoms with Crippen LogP contribution in [0.1, 0.15) is 15.9 Å². The normalized spacial score (nSPS) is 11.1. The predicted molar refractivity (Wildman–Crippen MR) is 103 cm³/mol. The Labute approximate surface area is 158 Å². The first kappa shape index (κ1) is 17.3. The summed E-state index contributed by atoms with van der Waals surface area (Å²) in [5.41, 5.74) is 13.2. The lowest BCUT2D eigenvalue weighted by Crippen LogP contribution is -2.21. The van der Waals surface area contributed by atoms with Crippen molar-refractivity contribution < 1.29 is 4.79 Å². The number of rotatable bonds is 4. The summed E-state index contributed by atoms with van der Waals surface area (Å²) in [6, 6.07) is 3.21. The van der Waals surface area contributed by atoms with Crippen molar-refractivity contribution in [2.45, 2.75) is 6.92 Å². The number of amides is 1. The number of pyridine rings is 1. The minimum absolute atomic E-state index is 0.132. The van der Waals surface area contributed by atoms with E-state index in [1.165, 1.54) is 21.3 Å². The minimum atomic E-state index is -0.673. The van der Waals surface area contributed by atoms with Gasteiger partial charge >= 0.3 is 0 Å². The molecule has 0 aromatic carbocycles. The van der Waals surface area contributed by atoms with Gasteiger partial charge in [-0.1, -0.05) is 0 Å². The summed E-state index contributed by atoms with van der Waals surface area (Å²) in [5.74, 6) is -0.151. The molecule has 0 fully saturated rings. The van der Waals surface area contributed by atoms with Crippen molar-refractivity contribution in [3.05, 3.63) is 58.4 Å². The van der Waals surface area contributed by atoms with Crippen LogP contribution < -0.4 is 22.3 Å². The van der Waals surface area contributed by atoms with Crippen LogP contribution in [0.15, 0.2) is 41.7 Å². The standard InChI is InChI=1S/C17H17N9O2/c1-9-3-12(17(28)25(7-9)10-5-20-24(2)8-10)22-14-4-13(18)26-16(23-14)11(6-21-26)15(19)27/h3-8H,18H2,1-2H3,(H2,19,27)(H,22,23). The zero-order chi connectivity index (χ0) is 20.0. The molecule has 28 heavy (non-hydrogen) atoms. The largest absolute Gasteiger partial charge is 0.383 e. The highest BCUT2D eigenvalue weighted by Gasteiger charge is 2.15. The monoisotopic (exact) mass is 379 g/mol. The third kappa shape index (κ3) is 2.84. The van der Waals surface area contributed by atoms with E-state index in [4.69, 9.17) is 11.5 Å². The molecule has 0 spiro atoms. The Balaban J connectivity index is 1.81. The molecule has 0 aliphatic rings. The molecule has 1 amide bonds. The van der Waals surface area contributed by atoms with E-state index < -0.39 is 5.91 Å². The average Bonchev–Trinajstić information content (AvgIpc) is 3.24. The van der Waals surface area contributed by atoms with E-state index in [-0.39, 0.29) is 28.4 Å². The Hall–Kier alpha value is -4.15. The van der Waals surface area contributed by atoms with Crippen molar-refractivity contribution in [3.63, 3.8) is 0 Å². The summed E-state index contributed by atoms with van der Waals surface area (Å²) in [7, 11) is 1.77. The number of anilines is 3. The summed E-state index contributed by atoms with van der Waals surface area (Å²) in [6.07, 6.45) is 6.35. The van der Waals surface area contributed by atoms with Crippen molar-refractivity contribution >= 4 is 28.9 Å². The first-order valence-corrected chi connectivity index (χ1v) is 8.27. The molecule has 4 aromatic rings. The maximum Gasteiger partial charge on any atom is 0.278 e. The van der Waals surface area contributed by atoms with Gasteiger partial charge in [-0.2, -0.15) is 14.7 Å². The van der Waals surface area contributed by atoms with E-state index in [0.29, 0.717) is 11.4 Å². The number of nitrogens with zero attached hydrogens (tertiary/aromatic N) is 6. The first-order chi connectivity index (χ1) is 13.3. The smallest absolute Gasteiger partial charge is 0.278 e. The second-order valence-corrected chi connectivity index (χ2v) is 6.33. The molecule has 0 aliphatic heterocycles. The molecule has 0 saturated carbocycles. The van der Waals surface area contributed by atoms with Gasteiger partial charge in [-0.05, 0) is 18.6 Å². The zero-order valence-electron chi connectivity index (χ0n) is 15.1. The molecule has 0 saturated heterocycles. The predicted octanol–water partition coefficient (Wildman–Crippen LogP) is 0.347. The van der Waals surface area contributed by atoms with Gasteiger partial charge < -0.3 is 16.8 Å². The van der Waals surface area contributed by atoms with Gasteiger partial charge in [0, 0.05) is 25.5 Å². The van der Waals surface area contributed by atoms with Crippen LogP contribution >= 0.6 is 0 Å². The number of nitrogens with two attached hydrogens (primary N) is 2. The van der Waals surface area contributed by atoms with E-state index in [0.717, 1.165) is 5.56 Å². The number of hydrogen-bond donors (Lipinski definition) is 3. The molecule has 4 rings (SSSR count). The lowest BCUT2D eigenvalue weighted by molar-refractivity contribution is 0.100. The lowest BCUT2D eigenvalue weighted by atomic mass is 10.2. The van der Waals surface area contributed by atoms with Crippen LogP contribution in [0.25, 0.3) is 11.3 Å². The van der Waals surface area contributed by atoms with E-state index in [1.807, 2.05) is 6.92 Å². The number of nitrogens with one attached hydrogen (secondary N) is 1. The molecule has 0 unspecified atom stereocenters. The Bertz CT molecular complexity index is 1280. The van der Waals surface area contributed by atoms with Crippen LogP contribution in [0.5, 0.6) is 0 Å². The number of aryl methyl sites for hydroxylation is 2. The third-order valence-electron chi connectivity index (χ3n) is 4.15. The molecule has 4 heterocycles. The summed E-state index contributed by atoms with van der Waals surface area (Å²) in [5, 5.41) is 11.1. The van der Waals surface area contributed by atoms with Crippen LogP contribution in [0.3, 0.4) is 0 Å². The van der Waals surface area contributed by atoms with Crippen LogP contribution in [0, 0.1) is 6.92 Å². The number of hydrogen-bond acceptors (Lipinski definition) is 7. The van der Waals surface area contributed by atoms with Crippen molar-refractivity contribution in [2.24, 2.45) is 12.8 Å². The number of primary amides is 1. The molecule has 4 aromatic heterocycles.